The number of benzene rings is 4. The van der Waals surface area contributed by atoms with Gasteiger partial charge >= 0.3 is 0 Å². The van der Waals surface area contributed by atoms with Gasteiger partial charge in [-0.25, -0.2) is 9.97 Å². The molecule has 0 saturated carbocycles. The zero-order valence-electron chi connectivity index (χ0n) is 20.5. The van der Waals surface area contributed by atoms with Gasteiger partial charge in [-0.15, -0.1) is 11.3 Å². The molecule has 0 spiro atoms. The van der Waals surface area contributed by atoms with Gasteiger partial charge in [0.2, 0.25) is 0 Å². The summed E-state index contributed by atoms with van der Waals surface area (Å²) in [6.07, 6.45) is 0. The molecule has 0 radical (unpaired) electrons. The Balaban J connectivity index is 1.57. The summed E-state index contributed by atoms with van der Waals surface area (Å²) in [6.45, 7) is 6.55. The monoisotopic (exact) mass is 483 g/mol. The highest BCUT2D eigenvalue weighted by atomic mass is 32.1. The molecule has 4 heteroatoms. The average molecular weight is 484 g/mol. The van der Waals surface area contributed by atoms with E-state index in [4.69, 9.17) is 9.97 Å². The zero-order valence-corrected chi connectivity index (χ0v) is 21.3. The molecule has 0 aliphatic heterocycles. The minimum Gasteiger partial charge on any atom is -0.309 e. The SMILES string of the molecule is CC(C)(C)c1nc(-c2ccc3c(c2)c2ccccc2n3-c2ccccc2)c2c(n1)sc1ccccc12. The quantitative estimate of drug-likeness (QED) is 0.246. The highest BCUT2D eigenvalue weighted by molar-refractivity contribution is 7.25. The van der Waals surface area contributed by atoms with Crippen LogP contribution in [0.3, 0.4) is 0 Å². The third kappa shape index (κ3) is 3.18. The van der Waals surface area contributed by atoms with Crippen LogP contribution in [-0.2, 0) is 5.41 Å². The van der Waals surface area contributed by atoms with E-state index in [0.717, 1.165) is 27.3 Å². The Labute approximate surface area is 213 Å². The molecular formula is C32H25N3S. The Morgan fingerprint density at radius 1 is 0.667 bits per heavy atom. The van der Waals surface area contributed by atoms with Gasteiger partial charge in [0.1, 0.15) is 10.7 Å². The average Bonchev–Trinajstić information content (AvgIpc) is 3.43. The second-order valence-electron chi connectivity index (χ2n) is 10.3. The van der Waals surface area contributed by atoms with Crippen molar-refractivity contribution in [1.82, 2.24) is 14.5 Å². The first kappa shape index (κ1) is 21.3. The van der Waals surface area contributed by atoms with Crippen LogP contribution in [-0.4, -0.2) is 14.5 Å². The predicted octanol–water partition coefficient (Wildman–Crippen LogP) is 8.91. The Morgan fingerprint density at radius 3 is 2.17 bits per heavy atom. The Hall–Kier alpha value is -4.02. The second kappa shape index (κ2) is 7.74. The molecule has 3 heterocycles. The summed E-state index contributed by atoms with van der Waals surface area (Å²) in [4.78, 5) is 11.3. The van der Waals surface area contributed by atoms with Crippen LogP contribution >= 0.6 is 11.3 Å². The van der Waals surface area contributed by atoms with Crippen molar-refractivity contribution in [1.29, 1.82) is 0 Å². The lowest BCUT2D eigenvalue weighted by molar-refractivity contribution is 0.549. The van der Waals surface area contributed by atoms with Crippen molar-refractivity contribution < 1.29 is 0 Å². The molecule has 7 aromatic rings. The summed E-state index contributed by atoms with van der Waals surface area (Å²) in [5.41, 5.74) is 5.56. The molecule has 0 saturated heterocycles. The first-order valence-corrected chi connectivity index (χ1v) is 13.1. The molecule has 7 rings (SSSR count). The molecule has 0 unspecified atom stereocenters. The van der Waals surface area contributed by atoms with Crippen molar-refractivity contribution in [2.45, 2.75) is 26.2 Å². The lowest BCUT2D eigenvalue weighted by Gasteiger charge is -2.18. The minimum atomic E-state index is -0.146. The number of rotatable bonds is 2. The van der Waals surface area contributed by atoms with Gasteiger partial charge in [-0.2, -0.15) is 0 Å². The number of aromatic nitrogens is 3. The van der Waals surface area contributed by atoms with E-state index in [1.165, 1.54) is 37.6 Å². The summed E-state index contributed by atoms with van der Waals surface area (Å²) < 4.78 is 3.60. The van der Waals surface area contributed by atoms with E-state index < -0.39 is 0 Å². The maximum Gasteiger partial charge on any atom is 0.136 e. The largest absolute Gasteiger partial charge is 0.309 e. The molecular weight excluding hydrogens is 458 g/mol. The molecule has 0 atom stereocenters. The van der Waals surface area contributed by atoms with Crippen LogP contribution < -0.4 is 0 Å². The molecule has 36 heavy (non-hydrogen) atoms. The van der Waals surface area contributed by atoms with Crippen LogP contribution in [0.15, 0.2) is 97.1 Å². The molecule has 3 nitrogen and oxygen atoms in total. The van der Waals surface area contributed by atoms with E-state index in [-0.39, 0.29) is 5.41 Å². The molecule has 0 bridgehead atoms. The Morgan fingerprint density at radius 2 is 1.36 bits per heavy atom. The first-order chi connectivity index (χ1) is 17.5. The van der Waals surface area contributed by atoms with Crippen molar-refractivity contribution in [2.24, 2.45) is 0 Å². The highest BCUT2D eigenvalue weighted by Gasteiger charge is 2.23. The second-order valence-corrected chi connectivity index (χ2v) is 11.4. The van der Waals surface area contributed by atoms with Crippen molar-refractivity contribution in [3.8, 4) is 16.9 Å². The Bertz CT molecular complexity index is 1920. The molecule has 0 N–H and O–H groups in total. The van der Waals surface area contributed by atoms with E-state index >= 15 is 0 Å². The summed E-state index contributed by atoms with van der Waals surface area (Å²) in [6, 6.07) is 34.6. The van der Waals surface area contributed by atoms with Crippen LogP contribution in [0.2, 0.25) is 0 Å². The van der Waals surface area contributed by atoms with E-state index in [1.54, 1.807) is 11.3 Å². The maximum atomic E-state index is 5.21. The summed E-state index contributed by atoms with van der Waals surface area (Å²) >= 11 is 1.75. The van der Waals surface area contributed by atoms with E-state index in [1.807, 2.05) is 0 Å². The third-order valence-electron chi connectivity index (χ3n) is 6.87. The van der Waals surface area contributed by atoms with E-state index in [2.05, 4.69) is 122 Å². The van der Waals surface area contributed by atoms with Crippen LogP contribution in [0.4, 0.5) is 0 Å². The number of hydrogen-bond donors (Lipinski definition) is 0. The third-order valence-corrected chi connectivity index (χ3v) is 7.93. The van der Waals surface area contributed by atoms with Gasteiger partial charge in [-0.05, 0) is 36.4 Å². The standard InChI is InChI=1S/C32H25N3S/c1-32(2,3)31-33-29(28-23-14-8-10-16-27(23)36-30(28)34-31)20-17-18-26-24(19-20)22-13-7-9-15-25(22)35(26)21-11-5-4-6-12-21/h4-19H,1-3H3. The van der Waals surface area contributed by atoms with Gasteiger partial charge in [0, 0.05) is 42.9 Å². The zero-order chi connectivity index (χ0) is 24.4. The van der Waals surface area contributed by atoms with Gasteiger partial charge in [0.05, 0.1) is 16.7 Å². The molecule has 3 aromatic heterocycles. The lowest BCUT2D eigenvalue weighted by atomic mass is 9.95. The van der Waals surface area contributed by atoms with Crippen molar-refractivity contribution in [2.75, 3.05) is 0 Å². The van der Waals surface area contributed by atoms with Crippen LogP contribution in [0.25, 0.3) is 59.1 Å². The molecule has 0 amide bonds. The molecule has 0 fully saturated rings. The maximum absolute atomic E-state index is 5.21. The van der Waals surface area contributed by atoms with Crippen LogP contribution in [0.5, 0.6) is 0 Å². The molecule has 0 aliphatic rings. The van der Waals surface area contributed by atoms with Gasteiger partial charge in [0.25, 0.3) is 0 Å². The van der Waals surface area contributed by atoms with Gasteiger partial charge in [-0.3, -0.25) is 0 Å². The molecule has 4 aromatic carbocycles. The van der Waals surface area contributed by atoms with Crippen molar-refractivity contribution in [3.63, 3.8) is 0 Å². The number of fused-ring (bicyclic) bond motifs is 6. The normalized spacial score (nSPS) is 12.3. The summed E-state index contributed by atoms with van der Waals surface area (Å²) in [5.74, 6) is 0.878. The van der Waals surface area contributed by atoms with Gasteiger partial charge in [-0.1, -0.05) is 81.4 Å². The topological polar surface area (TPSA) is 30.7 Å². The number of nitrogens with zero attached hydrogens (tertiary/aromatic N) is 3. The summed E-state index contributed by atoms with van der Waals surface area (Å²) in [5, 5.41) is 4.85. The van der Waals surface area contributed by atoms with Crippen molar-refractivity contribution in [3.05, 3.63) is 103 Å². The highest BCUT2D eigenvalue weighted by Crippen LogP contribution is 2.41. The van der Waals surface area contributed by atoms with Gasteiger partial charge < -0.3 is 4.57 Å². The number of thiophene rings is 1. The molecule has 0 aliphatic carbocycles. The Kier molecular flexibility index (Phi) is 4.57. The van der Waals surface area contributed by atoms with Crippen LogP contribution in [0.1, 0.15) is 26.6 Å². The first-order valence-electron chi connectivity index (χ1n) is 12.3. The number of para-hydroxylation sites is 2. The van der Waals surface area contributed by atoms with E-state index in [0.29, 0.717) is 0 Å². The van der Waals surface area contributed by atoms with Gasteiger partial charge in [0.15, 0.2) is 0 Å². The fourth-order valence-electron chi connectivity index (χ4n) is 5.14. The van der Waals surface area contributed by atoms with Crippen molar-refractivity contribution >= 4 is 53.4 Å². The number of hydrogen-bond acceptors (Lipinski definition) is 3. The van der Waals surface area contributed by atoms with Crippen LogP contribution in [0, 0.1) is 0 Å². The summed E-state index contributed by atoms with van der Waals surface area (Å²) in [7, 11) is 0. The lowest BCUT2D eigenvalue weighted by Crippen LogP contribution is -2.16. The predicted molar refractivity (Wildman–Crippen MR) is 153 cm³/mol. The fourth-order valence-corrected chi connectivity index (χ4v) is 6.22. The smallest absolute Gasteiger partial charge is 0.136 e. The fraction of sp³-hybridized carbons (Fsp3) is 0.125. The molecule has 174 valence electrons. The van der Waals surface area contributed by atoms with E-state index in [9.17, 15) is 0 Å². The minimum absolute atomic E-state index is 0.146.